The number of aliphatic hydroxyl groups excluding tert-OH is 1. The van der Waals surface area contributed by atoms with Gasteiger partial charge >= 0.3 is 0 Å². The first-order chi connectivity index (χ1) is 9.06. The number of rotatable bonds is 4. The van der Waals surface area contributed by atoms with Gasteiger partial charge in [-0.2, -0.15) is 0 Å². The highest BCUT2D eigenvalue weighted by Gasteiger charge is 2.13. The third-order valence-corrected chi connectivity index (χ3v) is 3.11. The zero-order valence-electron chi connectivity index (χ0n) is 10.7. The molecular weight excluding hydrogens is 246 g/mol. The molecule has 1 unspecified atom stereocenters. The van der Waals surface area contributed by atoms with Gasteiger partial charge in [0.1, 0.15) is 11.6 Å². The monoisotopic (exact) mass is 262 g/mol. The fraction of sp³-hybridized carbons (Fsp3) is 0.250. The summed E-state index contributed by atoms with van der Waals surface area (Å²) in [7, 11) is 0. The summed E-state index contributed by atoms with van der Waals surface area (Å²) in [6, 6.07) is 11.1. The summed E-state index contributed by atoms with van der Waals surface area (Å²) in [6.45, 7) is 1.99. The molecule has 0 fully saturated rings. The first kappa shape index (κ1) is 13.7. The maximum absolute atomic E-state index is 13.5. The molecule has 1 N–H and O–H groups in total. The van der Waals surface area contributed by atoms with Crippen molar-refractivity contribution in [1.82, 2.24) is 0 Å². The Kier molecular flexibility index (Phi) is 4.27. The third kappa shape index (κ3) is 3.61. The summed E-state index contributed by atoms with van der Waals surface area (Å²) in [5, 5.41) is 9.95. The number of hydrogen-bond acceptors (Lipinski definition) is 1. The Morgan fingerprint density at radius 3 is 2.63 bits per heavy atom. The summed E-state index contributed by atoms with van der Waals surface area (Å²) in [4.78, 5) is 0. The van der Waals surface area contributed by atoms with E-state index in [-0.39, 0.29) is 5.56 Å². The lowest BCUT2D eigenvalue weighted by molar-refractivity contribution is 0.162. The quantitative estimate of drug-likeness (QED) is 0.884. The van der Waals surface area contributed by atoms with Crippen molar-refractivity contribution in [2.45, 2.75) is 25.9 Å². The lowest BCUT2D eigenvalue weighted by atomic mass is 10.00. The number of aliphatic hydroxyl groups is 1. The molecule has 0 heterocycles. The van der Waals surface area contributed by atoms with Crippen LogP contribution >= 0.6 is 0 Å². The molecule has 0 aliphatic rings. The molecule has 2 aromatic rings. The molecule has 1 atom stereocenters. The van der Waals surface area contributed by atoms with Gasteiger partial charge in [0.2, 0.25) is 0 Å². The normalized spacial score (nSPS) is 12.4. The number of aryl methyl sites for hydroxylation is 2. The average molecular weight is 262 g/mol. The smallest absolute Gasteiger partial charge is 0.129 e. The molecule has 0 aromatic heterocycles. The van der Waals surface area contributed by atoms with E-state index in [1.807, 2.05) is 31.2 Å². The molecule has 0 spiro atoms. The van der Waals surface area contributed by atoms with Crippen LogP contribution in [0.4, 0.5) is 8.78 Å². The van der Waals surface area contributed by atoms with Crippen molar-refractivity contribution in [1.29, 1.82) is 0 Å². The Morgan fingerprint density at radius 2 is 1.89 bits per heavy atom. The Labute approximate surface area is 111 Å². The summed E-state index contributed by atoms with van der Waals surface area (Å²) in [5.74, 6) is -1.11. The van der Waals surface area contributed by atoms with Gasteiger partial charge in [-0.05, 0) is 43.5 Å². The molecule has 0 radical (unpaired) electrons. The van der Waals surface area contributed by atoms with E-state index in [4.69, 9.17) is 0 Å². The van der Waals surface area contributed by atoms with Gasteiger partial charge in [-0.25, -0.2) is 8.78 Å². The standard InChI is InChI=1S/C16H16F2O/c1-11-3-2-4-12(9-11)5-8-16(19)14-10-13(17)6-7-15(14)18/h2-4,6-7,9-10,16,19H,5,8H2,1H3. The maximum atomic E-state index is 13.5. The Hall–Kier alpha value is -1.74. The predicted octanol–water partition coefficient (Wildman–Crippen LogP) is 3.94. The first-order valence-electron chi connectivity index (χ1n) is 6.25. The van der Waals surface area contributed by atoms with E-state index in [2.05, 4.69) is 0 Å². The summed E-state index contributed by atoms with van der Waals surface area (Å²) in [6.07, 6.45) is -0.000901. The molecule has 2 rings (SSSR count). The van der Waals surface area contributed by atoms with E-state index >= 15 is 0 Å². The molecule has 0 saturated carbocycles. The molecular formula is C16H16F2O. The highest BCUT2D eigenvalue weighted by atomic mass is 19.1. The van der Waals surface area contributed by atoms with Gasteiger partial charge in [0.05, 0.1) is 6.10 Å². The lowest BCUT2D eigenvalue weighted by Gasteiger charge is -2.12. The minimum atomic E-state index is -0.990. The molecule has 1 nitrogen and oxygen atoms in total. The van der Waals surface area contributed by atoms with Gasteiger partial charge in [-0.1, -0.05) is 29.8 Å². The van der Waals surface area contributed by atoms with Crippen LogP contribution in [-0.4, -0.2) is 5.11 Å². The van der Waals surface area contributed by atoms with Crippen molar-refractivity contribution in [3.63, 3.8) is 0 Å². The third-order valence-electron chi connectivity index (χ3n) is 3.11. The Morgan fingerprint density at radius 1 is 1.11 bits per heavy atom. The second-order valence-electron chi connectivity index (χ2n) is 4.71. The molecule has 2 aromatic carbocycles. The summed E-state index contributed by atoms with van der Waals surface area (Å²) < 4.78 is 26.5. The first-order valence-corrected chi connectivity index (χ1v) is 6.25. The topological polar surface area (TPSA) is 20.2 Å². The van der Waals surface area contributed by atoms with Crippen LogP contribution in [0.15, 0.2) is 42.5 Å². The van der Waals surface area contributed by atoms with Gasteiger partial charge < -0.3 is 5.11 Å². The number of halogens is 2. The number of hydrogen-bond donors (Lipinski definition) is 1. The van der Waals surface area contributed by atoms with Crippen LogP contribution < -0.4 is 0 Å². The number of benzene rings is 2. The van der Waals surface area contributed by atoms with E-state index in [9.17, 15) is 13.9 Å². The van der Waals surface area contributed by atoms with Crippen LogP contribution in [0.2, 0.25) is 0 Å². The van der Waals surface area contributed by atoms with Gasteiger partial charge in [-0.3, -0.25) is 0 Å². The van der Waals surface area contributed by atoms with Crippen LogP contribution in [0.5, 0.6) is 0 Å². The van der Waals surface area contributed by atoms with Crippen molar-refractivity contribution in [2.24, 2.45) is 0 Å². The van der Waals surface area contributed by atoms with Crippen LogP contribution in [-0.2, 0) is 6.42 Å². The molecule has 0 saturated heterocycles. The second-order valence-corrected chi connectivity index (χ2v) is 4.71. The molecule has 100 valence electrons. The molecule has 0 aliphatic carbocycles. The van der Waals surface area contributed by atoms with Gasteiger partial charge in [0, 0.05) is 5.56 Å². The predicted molar refractivity (Wildman–Crippen MR) is 70.8 cm³/mol. The highest BCUT2D eigenvalue weighted by Crippen LogP contribution is 2.23. The van der Waals surface area contributed by atoms with E-state index in [0.717, 1.165) is 29.3 Å². The second kappa shape index (κ2) is 5.93. The lowest BCUT2D eigenvalue weighted by Crippen LogP contribution is -2.03. The summed E-state index contributed by atoms with van der Waals surface area (Å²) in [5.41, 5.74) is 2.24. The zero-order valence-corrected chi connectivity index (χ0v) is 10.7. The fourth-order valence-corrected chi connectivity index (χ4v) is 2.10. The van der Waals surface area contributed by atoms with E-state index in [1.54, 1.807) is 0 Å². The van der Waals surface area contributed by atoms with E-state index < -0.39 is 17.7 Å². The van der Waals surface area contributed by atoms with Gasteiger partial charge in [0.15, 0.2) is 0 Å². The van der Waals surface area contributed by atoms with Gasteiger partial charge in [0.25, 0.3) is 0 Å². The van der Waals surface area contributed by atoms with Crippen LogP contribution in [0.3, 0.4) is 0 Å². The average Bonchev–Trinajstić information content (AvgIpc) is 2.39. The van der Waals surface area contributed by atoms with Crippen molar-refractivity contribution in [3.05, 3.63) is 70.8 Å². The highest BCUT2D eigenvalue weighted by molar-refractivity contribution is 5.24. The maximum Gasteiger partial charge on any atom is 0.129 e. The minimum Gasteiger partial charge on any atom is -0.388 e. The van der Waals surface area contributed by atoms with Crippen LogP contribution in [0.25, 0.3) is 0 Å². The largest absolute Gasteiger partial charge is 0.388 e. The molecule has 0 aliphatic heterocycles. The van der Waals surface area contributed by atoms with Crippen molar-refractivity contribution in [2.75, 3.05) is 0 Å². The Balaban J connectivity index is 2.05. The van der Waals surface area contributed by atoms with E-state index in [1.165, 1.54) is 0 Å². The molecule has 0 amide bonds. The van der Waals surface area contributed by atoms with Gasteiger partial charge in [-0.15, -0.1) is 0 Å². The van der Waals surface area contributed by atoms with Crippen molar-refractivity contribution >= 4 is 0 Å². The molecule has 19 heavy (non-hydrogen) atoms. The van der Waals surface area contributed by atoms with Crippen LogP contribution in [0.1, 0.15) is 29.2 Å². The van der Waals surface area contributed by atoms with Crippen molar-refractivity contribution < 1.29 is 13.9 Å². The molecule has 3 heteroatoms. The van der Waals surface area contributed by atoms with Crippen LogP contribution in [0, 0.1) is 18.6 Å². The molecule has 0 bridgehead atoms. The van der Waals surface area contributed by atoms with Crippen molar-refractivity contribution in [3.8, 4) is 0 Å². The summed E-state index contributed by atoms with van der Waals surface area (Å²) >= 11 is 0. The zero-order chi connectivity index (χ0) is 13.8. The van der Waals surface area contributed by atoms with E-state index in [0.29, 0.717) is 12.8 Å². The SMILES string of the molecule is Cc1cccc(CCC(O)c2cc(F)ccc2F)c1. The minimum absolute atomic E-state index is 0.0210. The fourth-order valence-electron chi connectivity index (χ4n) is 2.10. The Bertz CT molecular complexity index is 566.